The Morgan fingerprint density at radius 1 is 1.35 bits per heavy atom. The van der Waals surface area contributed by atoms with Crippen molar-refractivity contribution < 1.29 is 9.90 Å². The van der Waals surface area contributed by atoms with Gasteiger partial charge in [-0.05, 0) is 53.3 Å². The van der Waals surface area contributed by atoms with E-state index in [1.807, 2.05) is 25.1 Å². The number of hydrogen-bond acceptors (Lipinski definition) is 6. The number of pyridine rings is 1. The number of halogens is 1. The first-order valence-corrected chi connectivity index (χ1v) is 6.80. The van der Waals surface area contributed by atoms with E-state index in [2.05, 4.69) is 38.3 Å². The van der Waals surface area contributed by atoms with Crippen molar-refractivity contribution >= 4 is 45.8 Å². The number of hydrazine groups is 1. The number of anilines is 3. The van der Waals surface area contributed by atoms with E-state index in [9.17, 15) is 9.90 Å². The minimum absolute atomic E-state index is 0.0260. The summed E-state index contributed by atoms with van der Waals surface area (Å²) in [6.45, 7) is 1.94. The number of carbonyl (C=O) groups excluding carboxylic acids is 1. The molecular weight excluding hydrogens is 371 g/mol. The van der Waals surface area contributed by atoms with Crippen molar-refractivity contribution in [2.24, 2.45) is 5.84 Å². The molecule has 0 bridgehead atoms. The van der Waals surface area contributed by atoms with Crippen LogP contribution in [0.1, 0.15) is 15.9 Å². The quantitative estimate of drug-likeness (QED) is 0.419. The molecular formula is C13H12IN4O2-. The van der Waals surface area contributed by atoms with Crippen LogP contribution in [0.15, 0.2) is 30.5 Å². The van der Waals surface area contributed by atoms with Crippen LogP contribution in [0.25, 0.3) is 0 Å². The van der Waals surface area contributed by atoms with Crippen molar-refractivity contribution in [3.63, 3.8) is 0 Å². The highest BCUT2D eigenvalue weighted by atomic mass is 127. The molecule has 1 heterocycles. The fraction of sp³-hybridized carbons (Fsp3) is 0.0769. The standard InChI is InChI=1S/C13H13IN4O2/c1-7-4-8(14)2-3-10(7)17-11-5-12(18-15)16-6-9(11)13(19)20/h2-6H,15H2,1H3,(H,19,20)(H2,16,17,18)/p-1. The molecule has 1 aromatic heterocycles. The molecule has 2 aromatic rings. The molecule has 104 valence electrons. The van der Waals surface area contributed by atoms with Crippen LogP contribution in [0.5, 0.6) is 0 Å². The highest BCUT2D eigenvalue weighted by Crippen LogP contribution is 2.25. The van der Waals surface area contributed by atoms with Crippen LogP contribution in [0.3, 0.4) is 0 Å². The second-order valence-electron chi connectivity index (χ2n) is 4.13. The molecule has 0 spiro atoms. The Balaban J connectivity index is 2.43. The topological polar surface area (TPSA) is 103 Å². The lowest BCUT2D eigenvalue weighted by molar-refractivity contribution is -0.254. The normalized spacial score (nSPS) is 10.2. The first-order valence-electron chi connectivity index (χ1n) is 5.72. The molecule has 1 aromatic carbocycles. The van der Waals surface area contributed by atoms with Gasteiger partial charge in [-0.3, -0.25) is 0 Å². The maximum absolute atomic E-state index is 11.1. The Morgan fingerprint density at radius 2 is 2.10 bits per heavy atom. The summed E-state index contributed by atoms with van der Waals surface area (Å²) in [7, 11) is 0. The zero-order valence-electron chi connectivity index (χ0n) is 10.6. The molecule has 0 saturated carbocycles. The first-order chi connectivity index (χ1) is 9.51. The third-order valence-corrected chi connectivity index (χ3v) is 3.40. The van der Waals surface area contributed by atoms with Gasteiger partial charge in [0.2, 0.25) is 0 Å². The second-order valence-corrected chi connectivity index (χ2v) is 5.38. The Morgan fingerprint density at radius 3 is 2.70 bits per heavy atom. The van der Waals surface area contributed by atoms with Crippen molar-refractivity contribution in [3.05, 3.63) is 45.2 Å². The number of aromatic nitrogens is 1. The number of carboxylic acids is 1. The van der Waals surface area contributed by atoms with E-state index >= 15 is 0 Å². The van der Waals surface area contributed by atoms with Gasteiger partial charge in [-0.25, -0.2) is 10.8 Å². The Kier molecular flexibility index (Phi) is 4.40. The fourth-order valence-electron chi connectivity index (χ4n) is 1.71. The van der Waals surface area contributed by atoms with Crippen molar-refractivity contribution in [1.82, 2.24) is 4.98 Å². The molecule has 0 unspecified atom stereocenters. The summed E-state index contributed by atoms with van der Waals surface area (Å²) < 4.78 is 1.10. The summed E-state index contributed by atoms with van der Waals surface area (Å²) in [6.07, 6.45) is 1.20. The van der Waals surface area contributed by atoms with E-state index < -0.39 is 5.97 Å². The molecule has 20 heavy (non-hydrogen) atoms. The minimum Gasteiger partial charge on any atom is -0.545 e. The molecule has 0 aliphatic rings. The highest BCUT2D eigenvalue weighted by Gasteiger charge is 2.08. The van der Waals surface area contributed by atoms with Crippen LogP contribution in [0, 0.1) is 10.5 Å². The van der Waals surface area contributed by atoms with Crippen LogP contribution < -0.4 is 21.7 Å². The van der Waals surface area contributed by atoms with Crippen LogP contribution in [0.4, 0.5) is 17.2 Å². The van der Waals surface area contributed by atoms with Crippen LogP contribution in [-0.4, -0.2) is 11.0 Å². The fourth-order valence-corrected chi connectivity index (χ4v) is 2.36. The maximum Gasteiger partial charge on any atom is 0.141 e. The zero-order valence-corrected chi connectivity index (χ0v) is 12.8. The summed E-state index contributed by atoms with van der Waals surface area (Å²) in [5.74, 6) is 4.35. The molecule has 0 radical (unpaired) electrons. The van der Waals surface area contributed by atoms with Crippen molar-refractivity contribution in [1.29, 1.82) is 0 Å². The zero-order chi connectivity index (χ0) is 14.7. The minimum atomic E-state index is -1.30. The van der Waals surface area contributed by atoms with Crippen molar-refractivity contribution in [2.45, 2.75) is 6.92 Å². The van der Waals surface area contributed by atoms with Gasteiger partial charge in [-0.15, -0.1) is 0 Å². The molecule has 0 aliphatic carbocycles. The number of carboxylic acid groups (broad SMARTS) is 1. The third kappa shape index (κ3) is 3.17. The van der Waals surface area contributed by atoms with Gasteiger partial charge < -0.3 is 20.6 Å². The Labute approximate surface area is 129 Å². The van der Waals surface area contributed by atoms with E-state index in [1.165, 1.54) is 12.3 Å². The van der Waals surface area contributed by atoms with Gasteiger partial charge in [0.15, 0.2) is 0 Å². The van der Waals surface area contributed by atoms with Gasteiger partial charge in [0.25, 0.3) is 0 Å². The smallest absolute Gasteiger partial charge is 0.141 e. The molecule has 0 saturated heterocycles. The molecule has 2 rings (SSSR count). The lowest BCUT2D eigenvalue weighted by Crippen LogP contribution is -2.24. The van der Waals surface area contributed by atoms with Crippen molar-refractivity contribution in [3.8, 4) is 0 Å². The van der Waals surface area contributed by atoms with Crippen LogP contribution in [0.2, 0.25) is 0 Å². The number of carbonyl (C=O) groups is 1. The van der Waals surface area contributed by atoms with E-state index in [4.69, 9.17) is 5.84 Å². The van der Waals surface area contributed by atoms with Gasteiger partial charge in [0.05, 0.1) is 11.7 Å². The van der Waals surface area contributed by atoms with Crippen LogP contribution in [-0.2, 0) is 0 Å². The van der Waals surface area contributed by atoms with Gasteiger partial charge in [-0.2, -0.15) is 0 Å². The predicted octanol–water partition coefficient (Wildman–Crippen LogP) is 1.39. The van der Waals surface area contributed by atoms with E-state index in [1.54, 1.807) is 0 Å². The lowest BCUT2D eigenvalue weighted by Gasteiger charge is -2.15. The number of nitrogens with two attached hydrogens (primary N) is 1. The predicted molar refractivity (Wildman–Crippen MR) is 83.6 cm³/mol. The average molecular weight is 383 g/mol. The molecule has 0 atom stereocenters. The maximum atomic E-state index is 11.1. The van der Waals surface area contributed by atoms with E-state index in [-0.39, 0.29) is 5.56 Å². The Hall–Kier alpha value is -1.87. The van der Waals surface area contributed by atoms with Gasteiger partial charge in [0.1, 0.15) is 5.82 Å². The summed E-state index contributed by atoms with van der Waals surface area (Å²) in [6, 6.07) is 7.32. The molecule has 6 nitrogen and oxygen atoms in total. The molecule has 4 N–H and O–H groups in total. The number of hydrogen-bond donors (Lipinski definition) is 3. The van der Waals surface area contributed by atoms with Crippen molar-refractivity contribution in [2.75, 3.05) is 10.7 Å². The molecule has 0 fully saturated rings. The number of nitrogens with zero attached hydrogens (tertiary/aromatic N) is 1. The number of nitrogen functional groups attached to an aromatic ring is 1. The number of rotatable bonds is 4. The highest BCUT2D eigenvalue weighted by molar-refractivity contribution is 14.1. The number of nitrogens with one attached hydrogen (secondary N) is 2. The number of aromatic carboxylic acids is 1. The van der Waals surface area contributed by atoms with Crippen LogP contribution >= 0.6 is 22.6 Å². The monoisotopic (exact) mass is 383 g/mol. The number of benzene rings is 1. The second kappa shape index (κ2) is 6.06. The van der Waals surface area contributed by atoms with E-state index in [0.29, 0.717) is 11.5 Å². The summed E-state index contributed by atoms with van der Waals surface area (Å²) in [4.78, 5) is 15.0. The largest absolute Gasteiger partial charge is 0.545 e. The Bertz CT molecular complexity index is 661. The summed E-state index contributed by atoms with van der Waals surface area (Å²) in [5, 5.41) is 14.2. The van der Waals surface area contributed by atoms with Gasteiger partial charge in [-0.1, -0.05) is 0 Å². The van der Waals surface area contributed by atoms with Gasteiger partial charge in [0, 0.05) is 27.1 Å². The molecule has 7 heteroatoms. The van der Waals surface area contributed by atoms with Gasteiger partial charge >= 0.3 is 0 Å². The third-order valence-electron chi connectivity index (χ3n) is 2.73. The average Bonchev–Trinajstić information content (AvgIpc) is 2.41. The SMILES string of the molecule is Cc1cc(I)ccc1Nc1cc(NN)ncc1C(=O)[O-]. The summed E-state index contributed by atoms with van der Waals surface area (Å²) in [5.41, 5.74) is 4.53. The summed E-state index contributed by atoms with van der Waals surface area (Å²) >= 11 is 2.21. The van der Waals surface area contributed by atoms with E-state index in [0.717, 1.165) is 14.8 Å². The molecule has 0 amide bonds. The number of aryl methyl sites for hydroxylation is 1. The lowest BCUT2D eigenvalue weighted by atomic mass is 10.1. The first kappa shape index (κ1) is 14.5. The molecule has 0 aliphatic heterocycles.